The van der Waals surface area contributed by atoms with Crippen LogP contribution in [0.1, 0.15) is 30.4 Å². The smallest absolute Gasteiger partial charge is 0.253 e. The maximum atomic E-state index is 15.4. The fourth-order valence-corrected chi connectivity index (χ4v) is 3.90. The van der Waals surface area contributed by atoms with Crippen LogP contribution in [0.3, 0.4) is 0 Å². The molecule has 0 unspecified atom stereocenters. The Labute approximate surface area is 228 Å². The predicted molar refractivity (Wildman–Crippen MR) is 144 cm³/mol. The second-order valence-electron chi connectivity index (χ2n) is 7.91. The number of nitrogens with two attached hydrogens (primary N) is 1. The van der Waals surface area contributed by atoms with Gasteiger partial charge >= 0.3 is 0 Å². The molecule has 4 aromatic rings. The van der Waals surface area contributed by atoms with Gasteiger partial charge in [0.2, 0.25) is 5.89 Å². The Morgan fingerprint density at radius 3 is 2.84 bits per heavy atom. The van der Waals surface area contributed by atoms with Crippen LogP contribution in [-0.4, -0.2) is 20.0 Å². The quantitative estimate of drug-likeness (QED) is 0.219. The number of hydrogen-bond acceptors (Lipinski definition) is 7. The second kappa shape index (κ2) is 11.8. The van der Waals surface area contributed by atoms with Gasteiger partial charge in [-0.25, -0.2) is 9.07 Å². The molecule has 0 aliphatic heterocycles. The first kappa shape index (κ1) is 26.7. The first-order valence-corrected chi connectivity index (χ1v) is 12.1. The van der Waals surface area contributed by atoms with Gasteiger partial charge in [0, 0.05) is 10.6 Å². The van der Waals surface area contributed by atoms with E-state index in [0.717, 1.165) is 6.42 Å². The molecule has 2 N–H and O–H groups in total. The van der Waals surface area contributed by atoms with Gasteiger partial charge in [-0.1, -0.05) is 54.9 Å². The van der Waals surface area contributed by atoms with Crippen molar-refractivity contribution < 1.29 is 13.5 Å². The average molecular weight is 551 g/mol. The minimum Gasteiger partial charge on any atom is -0.453 e. The summed E-state index contributed by atoms with van der Waals surface area (Å²) < 4.78 is 28.3. The number of rotatable bonds is 9. The first-order valence-electron chi connectivity index (χ1n) is 11.4. The van der Waals surface area contributed by atoms with Gasteiger partial charge in [-0.3, -0.25) is 0 Å². The lowest BCUT2D eigenvalue weighted by molar-refractivity contribution is 0.437. The maximum absolute atomic E-state index is 15.4. The van der Waals surface area contributed by atoms with Gasteiger partial charge in [0.15, 0.2) is 11.6 Å². The standard InChI is InChI=1S/C27H21Cl2FN6O2/c1-3-5-7-19(6-4-2)36-26(32)21(15-33-36)27-35-34-23(38-27)12-17-8-9-22(29)25(24(17)30)37-20-11-16(14-31)10-18(28)13-20/h4-11,13,15H,2-3,12,32H2,1H3/b7-5-,19-6+. The summed E-state index contributed by atoms with van der Waals surface area (Å²) in [6.07, 6.45) is 9.55. The summed E-state index contributed by atoms with van der Waals surface area (Å²) in [6, 6.07) is 9.29. The summed E-state index contributed by atoms with van der Waals surface area (Å²) >= 11 is 12.2. The van der Waals surface area contributed by atoms with E-state index in [9.17, 15) is 0 Å². The fraction of sp³-hybridized carbons (Fsp3) is 0.111. The fourth-order valence-electron chi connectivity index (χ4n) is 3.49. The zero-order valence-corrected chi connectivity index (χ0v) is 21.7. The molecule has 38 heavy (non-hydrogen) atoms. The van der Waals surface area contributed by atoms with Crippen LogP contribution in [-0.2, 0) is 6.42 Å². The van der Waals surface area contributed by atoms with Gasteiger partial charge in [-0.15, -0.1) is 10.2 Å². The third-order valence-corrected chi connectivity index (χ3v) is 5.77. The van der Waals surface area contributed by atoms with Gasteiger partial charge in [0.25, 0.3) is 5.89 Å². The normalized spacial score (nSPS) is 11.6. The molecule has 0 spiro atoms. The number of aromatic nitrogens is 4. The Kier molecular flexibility index (Phi) is 8.26. The van der Waals surface area contributed by atoms with Crippen LogP contribution < -0.4 is 10.5 Å². The van der Waals surface area contributed by atoms with Gasteiger partial charge in [-0.2, -0.15) is 10.4 Å². The van der Waals surface area contributed by atoms with E-state index in [2.05, 4.69) is 21.9 Å². The number of hydrogen-bond donors (Lipinski definition) is 1. The number of nitrogens with zero attached hydrogens (tertiary/aromatic N) is 5. The molecule has 0 bridgehead atoms. The molecule has 0 amide bonds. The molecule has 0 aliphatic rings. The van der Waals surface area contributed by atoms with Crippen molar-refractivity contribution >= 4 is 34.7 Å². The Morgan fingerprint density at radius 2 is 2.11 bits per heavy atom. The van der Waals surface area contributed by atoms with E-state index in [-0.39, 0.29) is 50.9 Å². The van der Waals surface area contributed by atoms with E-state index in [1.807, 2.05) is 25.1 Å². The Morgan fingerprint density at radius 1 is 1.29 bits per heavy atom. The Balaban J connectivity index is 1.59. The molecular formula is C27H21Cl2FN6O2. The number of nitrogen functional groups attached to an aromatic ring is 1. The van der Waals surface area contributed by atoms with Crippen LogP contribution in [0.25, 0.3) is 17.2 Å². The zero-order chi connectivity index (χ0) is 27.2. The molecule has 0 aliphatic carbocycles. The van der Waals surface area contributed by atoms with Gasteiger partial charge in [0.1, 0.15) is 17.1 Å². The molecule has 2 aromatic heterocycles. The Hall–Kier alpha value is -4.39. The molecule has 192 valence electrons. The van der Waals surface area contributed by atoms with Crippen molar-refractivity contribution in [3.8, 4) is 29.0 Å². The third-order valence-electron chi connectivity index (χ3n) is 5.25. The summed E-state index contributed by atoms with van der Waals surface area (Å²) in [5.41, 5.74) is 7.91. The van der Waals surface area contributed by atoms with Gasteiger partial charge in [-0.05, 0) is 42.8 Å². The maximum Gasteiger partial charge on any atom is 0.253 e. The average Bonchev–Trinajstić information content (AvgIpc) is 3.52. The number of nitriles is 1. The Bertz CT molecular complexity index is 1600. The molecule has 8 nitrogen and oxygen atoms in total. The monoisotopic (exact) mass is 550 g/mol. The van der Waals surface area contributed by atoms with Crippen LogP contribution in [0, 0.1) is 17.1 Å². The number of anilines is 1. The summed E-state index contributed by atoms with van der Waals surface area (Å²) in [5, 5.41) is 21.9. The van der Waals surface area contributed by atoms with E-state index in [0.29, 0.717) is 17.1 Å². The van der Waals surface area contributed by atoms with Crippen LogP contribution >= 0.6 is 23.2 Å². The molecule has 2 heterocycles. The summed E-state index contributed by atoms with van der Waals surface area (Å²) in [7, 11) is 0. The highest BCUT2D eigenvalue weighted by atomic mass is 35.5. The lowest BCUT2D eigenvalue weighted by atomic mass is 10.1. The van der Waals surface area contributed by atoms with Crippen molar-refractivity contribution in [3.05, 3.63) is 100 Å². The lowest BCUT2D eigenvalue weighted by Gasteiger charge is -2.11. The number of ether oxygens (including phenoxy) is 1. The number of halogens is 3. The third kappa shape index (κ3) is 5.78. The van der Waals surface area contributed by atoms with E-state index in [1.165, 1.54) is 41.2 Å². The molecule has 0 atom stereocenters. The molecule has 0 fully saturated rings. The van der Waals surface area contributed by atoms with Crippen LogP contribution in [0.15, 0.2) is 71.8 Å². The summed E-state index contributed by atoms with van der Waals surface area (Å²) in [5.74, 6) is -0.206. The zero-order valence-electron chi connectivity index (χ0n) is 20.2. The van der Waals surface area contributed by atoms with E-state index >= 15 is 4.39 Å². The SMILES string of the molecule is C=C/C=C(\C=C/CC)n1ncc(-c2nnc(Cc3ccc(Cl)c(Oc4cc(Cl)cc(C#N)c4)c3F)o2)c1N. The van der Waals surface area contributed by atoms with Crippen LogP contribution in [0.5, 0.6) is 11.5 Å². The highest BCUT2D eigenvalue weighted by molar-refractivity contribution is 6.32. The molecule has 0 radical (unpaired) electrons. The molecule has 4 rings (SSSR count). The number of allylic oxidation sites excluding steroid dienone is 5. The molecule has 0 saturated heterocycles. The first-order chi connectivity index (χ1) is 18.3. The van der Waals surface area contributed by atoms with Crippen molar-refractivity contribution in [2.24, 2.45) is 0 Å². The van der Waals surface area contributed by atoms with Crippen molar-refractivity contribution in [2.75, 3.05) is 5.73 Å². The van der Waals surface area contributed by atoms with Crippen molar-refractivity contribution in [1.29, 1.82) is 5.26 Å². The highest BCUT2D eigenvalue weighted by Crippen LogP contribution is 2.36. The predicted octanol–water partition coefficient (Wildman–Crippen LogP) is 7.21. The largest absolute Gasteiger partial charge is 0.453 e. The van der Waals surface area contributed by atoms with Crippen molar-refractivity contribution in [1.82, 2.24) is 20.0 Å². The van der Waals surface area contributed by atoms with Crippen molar-refractivity contribution in [2.45, 2.75) is 19.8 Å². The van der Waals surface area contributed by atoms with E-state index in [1.54, 1.807) is 12.2 Å². The topological polar surface area (TPSA) is 116 Å². The van der Waals surface area contributed by atoms with Crippen LogP contribution in [0.2, 0.25) is 10.0 Å². The highest BCUT2D eigenvalue weighted by Gasteiger charge is 2.20. The van der Waals surface area contributed by atoms with E-state index < -0.39 is 5.82 Å². The minimum atomic E-state index is -0.718. The molecular weight excluding hydrogens is 530 g/mol. The summed E-state index contributed by atoms with van der Waals surface area (Å²) in [6.45, 7) is 5.74. The molecule has 2 aromatic carbocycles. The lowest BCUT2D eigenvalue weighted by Crippen LogP contribution is -2.03. The minimum absolute atomic E-state index is 0.0386. The molecule has 11 heteroatoms. The van der Waals surface area contributed by atoms with Gasteiger partial charge in [0.05, 0.1) is 35.0 Å². The summed E-state index contributed by atoms with van der Waals surface area (Å²) in [4.78, 5) is 0. The van der Waals surface area contributed by atoms with Crippen LogP contribution in [0.4, 0.5) is 10.2 Å². The second-order valence-corrected chi connectivity index (χ2v) is 8.75. The van der Waals surface area contributed by atoms with Crippen molar-refractivity contribution in [3.63, 3.8) is 0 Å². The van der Waals surface area contributed by atoms with E-state index in [4.69, 9.17) is 43.4 Å². The van der Waals surface area contributed by atoms with Gasteiger partial charge < -0.3 is 14.9 Å². The molecule has 0 saturated carbocycles. The number of benzene rings is 2.